The molecule has 3 heterocycles. The molecule has 1 aliphatic heterocycles. The van der Waals surface area contributed by atoms with E-state index >= 15 is 0 Å². The van der Waals surface area contributed by atoms with Gasteiger partial charge in [-0.15, -0.1) is 0 Å². The van der Waals surface area contributed by atoms with Gasteiger partial charge in [-0.3, -0.25) is 9.69 Å². The van der Waals surface area contributed by atoms with E-state index in [1.807, 2.05) is 19.1 Å². The van der Waals surface area contributed by atoms with Crippen LogP contribution >= 0.6 is 0 Å². The van der Waals surface area contributed by atoms with Gasteiger partial charge in [-0.05, 0) is 38.1 Å². The molecule has 1 fully saturated rings. The third-order valence-electron chi connectivity index (χ3n) is 4.65. The summed E-state index contributed by atoms with van der Waals surface area (Å²) in [6.07, 6.45) is -4.54. The molecule has 1 N–H and O–H groups in total. The van der Waals surface area contributed by atoms with Crippen molar-refractivity contribution < 1.29 is 27.1 Å². The molecule has 6 nitrogen and oxygen atoms in total. The van der Waals surface area contributed by atoms with Crippen LogP contribution < -0.4 is 5.32 Å². The number of hydrogen-bond donors (Lipinski definition) is 1. The van der Waals surface area contributed by atoms with Crippen LogP contribution in [0.5, 0.6) is 0 Å². The zero-order valence-electron chi connectivity index (χ0n) is 15.7. The molecule has 1 saturated heterocycles. The molecule has 2 aromatic rings. The third kappa shape index (κ3) is 4.71. The van der Waals surface area contributed by atoms with Gasteiger partial charge >= 0.3 is 6.18 Å². The standard InChI is InChI=1S/C19H22F3N3O3/c1-12-3-5-16(28-12)15(25-7-9-27-10-8-25)11-23-18(26)14-4-6-17(19(20,21)22)24-13(14)2/h3-6,15H,7-11H2,1-2H3,(H,23,26). The predicted octanol–water partition coefficient (Wildman–Crippen LogP) is 3.11. The van der Waals surface area contributed by atoms with Crippen molar-refractivity contribution in [1.29, 1.82) is 0 Å². The molecule has 1 atom stereocenters. The summed E-state index contributed by atoms with van der Waals surface area (Å²) >= 11 is 0. The Morgan fingerprint density at radius 3 is 2.50 bits per heavy atom. The Labute approximate surface area is 160 Å². The number of aromatic nitrogens is 1. The number of halogens is 3. The summed E-state index contributed by atoms with van der Waals surface area (Å²) < 4.78 is 49.4. The average molecular weight is 397 g/mol. The van der Waals surface area contributed by atoms with Crippen molar-refractivity contribution in [2.24, 2.45) is 0 Å². The number of nitrogens with zero attached hydrogens (tertiary/aromatic N) is 2. The van der Waals surface area contributed by atoms with Gasteiger partial charge in [-0.2, -0.15) is 13.2 Å². The van der Waals surface area contributed by atoms with Crippen molar-refractivity contribution in [3.63, 3.8) is 0 Å². The Morgan fingerprint density at radius 1 is 1.21 bits per heavy atom. The summed E-state index contributed by atoms with van der Waals surface area (Å²) in [5.41, 5.74) is -0.868. The second-order valence-corrected chi connectivity index (χ2v) is 6.65. The second kappa shape index (κ2) is 8.32. The van der Waals surface area contributed by atoms with Crippen LogP contribution in [0.15, 0.2) is 28.7 Å². The molecule has 152 valence electrons. The maximum Gasteiger partial charge on any atom is 0.433 e. The van der Waals surface area contributed by atoms with E-state index in [-0.39, 0.29) is 23.8 Å². The van der Waals surface area contributed by atoms with Gasteiger partial charge in [0.2, 0.25) is 0 Å². The van der Waals surface area contributed by atoms with Gasteiger partial charge in [0, 0.05) is 19.6 Å². The number of carbonyl (C=O) groups is 1. The lowest BCUT2D eigenvalue weighted by Gasteiger charge is -2.33. The van der Waals surface area contributed by atoms with E-state index in [1.54, 1.807) is 0 Å². The lowest BCUT2D eigenvalue weighted by Crippen LogP contribution is -2.43. The highest BCUT2D eigenvalue weighted by atomic mass is 19.4. The Morgan fingerprint density at radius 2 is 1.93 bits per heavy atom. The first-order valence-electron chi connectivity index (χ1n) is 8.97. The molecule has 9 heteroatoms. The summed E-state index contributed by atoms with van der Waals surface area (Å²) in [6.45, 7) is 6.06. The maximum atomic E-state index is 12.8. The van der Waals surface area contributed by atoms with Crippen LogP contribution in [0.2, 0.25) is 0 Å². The molecular formula is C19H22F3N3O3. The van der Waals surface area contributed by atoms with Crippen LogP contribution in [-0.2, 0) is 10.9 Å². The SMILES string of the molecule is Cc1ccc(C(CNC(=O)c2ccc(C(F)(F)F)nc2C)N2CCOCC2)o1. The van der Waals surface area contributed by atoms with Gasteiger partial charge in [0.05, 0.1) is 30.5 Å². The van der Waals surface area contributed by atoms with Crippen molar-refractivity contribution in [3.8, 4) is 0 Å². The van der Waals surface area contributed by atoms with Crippen LogP contribution in [0.25, 0.3) is 0 Å². The minimum atomic E-state index is -4.54. The molecule has 1 amide bonds. The molecule has 28 heavy (non-hydrogen) atoms. The Kier molecular flexibility index (Phi) is 6.04. The van der Waals surface area contributed by atoms with E-state index < -0.39 is 17.8 Å². The summed E-state index contributed by atoms with van der Waals surface area (Å²) in [5.74, 6) is 1.02. The van der Waals surface area contributed by atoms with Crippen LogP contribution in [0.3, 0.4) is 0 Å². The van der Waals surface area contributed by atoms with Gasteiger partial charge in [0.15, 0.2) is 0 Å². The van der Waals surface area contributed by atoms with Gasteiger partial charge in [0.25, 0.3) is 5.91 Å². The maximum absolute atomic E-state index is 12.8. The fourth-order valence-electron chi connectivity index (χ4n) is 3.17. The van der Waals surface area contributed by atoms with Crippen molar-refractivity contribution in [2.75, 3.05) is 32.8 Å². The Balaban J connectivity index is 1.73. The Bertz CT molecular complexity index is 829. The van der Waals surface area contributed by atoms with E-state index in [1.165, 1.54) is 6.92 Å². The number of furan rings is 1. The molecule has 0 saturated carbocycles. The number of carbonyl (C=O) groups excluding carboxylic acids is 1. The van der Waals surface area contributed by atoms with Crippen molar-refractivity contribution >= 4 is 5.91 Å². The number of pyridine rings is 1. The van der Waals surface area contributed by atoms with E-state index in [9.17, 15) is 18.0 Å². The number of ether oxygens (including phenoxy) is 1. The molecule has 2 aromatic heterocycles. The lowest BCUT2D eigenvalue weighted by atomic mass is 10.1. The first kappa shape index (κ1) is 20.3. The van der Waals surface area contributed by atoms with E-state index in [4.69, 9.17) is 9.15 Å². The van der Waals surface area contributed by atoms with Gasteiger partial charge in [-0.25, -0.2) is 4.98 Å². The van der Waals surface area contributed by atoms with Crippen molar-refractivity contribution in [2.45, 2.75) is 26.1 Å². The fourth-order valence-corrected chi connectivity index (χ4v) is 3.17. The number of rotatable bonds is 5. The van der Waals surface area contributed by atoms with Gasteiger partial charge in [0.1, 0.15) is 17.2 Å². The van der Waals surface area contributed by atoms with E-state index in [0.29, 0.717) is 26.3 Å². The minimum absolute atomic E-state index is 0.0316. The van der Waals surface area contributed by atoms with Crippen LogP contribution in [0, 0.1) is 13.8 Å². The zero-order chi connectivity index (χ0) is 20.3. The van der Waals surface area contributed by atoms with E-state index in [0.717, 1.165) is 23.7 Å². The molecule has 3 rings (SSSR count). The first-order chi connectivity index (χ1) is 13.3. The monoisotopic (exact) mass is 397 g/mol. The first-order valence-corrected chi connectivity index (χ1v) is 8.97. The second-order valence-electron chi connectivity index (χ2n) is 6.65. The molecule has 0 spiro atoms. The number of aryl methyl sites for hydroxylation is 2. The number of nitrogens with one attached hydrogen (secondary N) is 1. The highest BCUT2D eigenvalue weighted by Crippen LogP contribution is 2.28. The number of hydrogen-bond acceptors (Lipinski definition) is 5. The number of alkyl halides is 3. The minimum Gasteiger partial charge on any atom is -0.465 e. The summed E-state index contributed by atoms with van der Waals surface area (Å²) in [5, 5.41) is 2.80. The summed E-state index contributed by atoms with van der Waals surface area (Å²) in [6, 6.07) is 5.50. The average Bonchev–Trinajstić information content (AvgIpc) is 3.08. The molecule has 0 bridgehead atoms. The molecule has 0 radical (unpaired) electrons. The molecule has 1 aliphatic rings. The van der Waals surface area contributed by atoms with Crippen LogP contribution in [0.4, 0.5) is 13.2 Å². The van der Waals surface area contributed by atoms with Crippen molar-refractivity contribution in [1.82, 2.24) is 15.2 Å². The normalized spacial score (nSPS) is 16.8. The van der Waals surface area contributed by atoms with Gasteiger partial charge in [-0.1, -0.05) is 0 Å². The largest absolute Gasteiger partial charge is 0.465 e. The van der Waals surface area contributed by atoms with Crippen molar-refractivity contribution in [3.05, 3.63) is 52.7 Å². The highest BCUT2D eigenvalue weighted by Gasteiger charge is 2.33. The fraction of sp³-hybridized carbons (Fsp3) is 0.474. The summed E-state index contributed by atoms with van der Waals surface area (Å²) in [7, 11) is 0. The van der Waals surface area contributed by atoms with Crippen LogP contribution in [-0.4, -0.2) is 48.6 Å². The van der Waals surface area contributed by atoms with Gasteiger partial charge < -0.3 is 14.5 Å². The quantitative estimate of drug-likeness (QED) is 0.840. The topological polar surface area (TPSA) is 67.6 Å². The molecular weight excluding hydrogens is 375 g/mol. The molecule has 1 unspecified atom stereocenters. The van der Waals surface area contributed by atoms with E-state index in [2.05, 4.69) is 15.2 Å². The Hall–Kier alpha value is -2.39. The smallest absolute Gasteiger partial charge is 0.433 e. The zero-order valence-corrected chi connectivity index (χ0v) is 15.7. The predicted molar refractivity (Wildman–Crippen MR) is 94.9 cm³/mol. The summed E-state index contributed by atoms with van der Waals surface area (Å²) in [4.78, 5) is 18.2. The molecule has 0 aliphatic carbocycles. The highest BCUT2D eigenvalue weighted by molar-refractivity contribution is 5.95. The lowest BCUT2D eigenvalue weighted by molar-refractivity contribution is -0.141. The molecule has 0 aromatic carbocycles. The van der Waals surface area contributed by atoms with Crippen LogP contribution in [0.1, 0.15) is 39.3 Å². The number of morpholine rings is 1. The number of amides is 1. The third-order valence-corrected chi connectivity index (χ3v) is 4.65.